The number of ketones is 1. The molecule has 0 amide bonds. The van der Waals surface area contributed by atoms with Gasteiger partial charge in [-0.05, 0) is 56.1 Å². The van der Waals surface area contributed by atoms with Crippen LogP contribution in [0.3, 0.4) is 0 Å². The number of carbonyl (C=O) groups is 1. The molecule has 0 bridgehead atoms. The van der Waals surface area contributed by atoms with Crippen LogP contribution in [0.4, 0.5) is 17.3 Å². The molecule has 10 nitrogen and oxygen atoms in total. The predicted molar refractivity (Wildman–Crippen MR) is 161 cm³/mol. The summed E-state index contributed by atoms with van der Waals surface area (Å²) >= 11 is 0. The average Bonchev–Trinajstić information content (AvgIpc) is 3.08. The number of hydrogen-bond acceptors (Lipinski definition) is 9. The van der Waals surface area contributed by atoms with Crippen molar-refractivity contribution in [2.45, 2.75) is 33.1 Å². The summed E-state index contributed by atoms with van der Waals surface area (Å²) in [6.45, 7) is 8.85. The number of nitrogens with one attached hydrogen (secondary N) is 2. The second-order valence-corrected chi connectivity index (χ2v) is 10.8. The summed E-state index contributed by atoms with van der Waals surface area (Å²) in [6, 6.07) is 13.6. The van der Waals surface area contributed by atoms with Crippen molar-refractivity contribution in [3.8, 4) is 11.3 Å². The van der Waals surface area contributed by atoms with Gasteiger partial charge in [-0.3, -0.25) is 9.48 Å². The molecule has 6 rings (SSSR count). The second kappa shape index (κ2) is 10.8. The molecular formula is C31H33N7O3. The molecule has 0 unspecified atom stereocenters. The molecule has 1 fully saturated rings. The first-order valence-corrected chi connectivity index (χ1v) is 13.9. The maximum absolute atomic E-state index is 13.0. The van der Waals surface area contributed by atoms with Crippen LogP contribution < -0.4 is 21.2 Å². The summed E-state index contributed by atoms with van der Waals surface area (Å²) in [5.41, 5.74) is 5.06. The second-order valence-electron chi connectivity index (χ2n) is 10.8. The van der Waals surface area contributed by atoms with Crippen LogP contribution in [0.2, 0.25) is 0 Å². The average molecular weight is 552 g/mol. The SMILES string of the molecule is CC(=O)c1c(N2CCCNCC2)c2ccc(Nc3nccc(-c4ccc5nn(C)c(C(C)C)c5c4)n3)cc2oc1=O. The standard InChI is InChI=1S/C31H33N7O3/c1-18(2)28-23-16-20(6-9-25(23)36-37(28)4)24-10-12-33-31(35-24)34-21-7-8-22-26(17-21)41-30(40)27(19(3)39)29(22)38-14-5-11-32-13-15-38/h6-10,12,16-18,32H,5,11,13-15H2,1-4H3,(H,33,34,35). The van der Waals surface area contributed by atoms with Gasteiger partial charge in [0, 0.05) is 66.7 Å². The molecule has 41 heavy (non-hydrogen) atoms. The summed E-state index contributed by atoms with van der Waals surface area (Å²) in [7, 11) is 1.97. The van der Waals surface area contributed by atoms with Gasteiger partial charge in [0.05, 0.1) is 16.9 Å². The number of rotatable bonds is 6. The van der Waals surface area contributed by atoms with Gasteiger partial charge in [-0.1, -0.05) is 19.9 Å². The van der Waals surface area contributed by atoms with Gasteiger partial charge >= 0.3 is 5.63 Å². The molecule has 0 radical (unpaired) electrons. The molecule has 10 heteroatoms. The summed E-state index contributed by atoms with van der Waals surface area (Å²) in [6.07, 6.45) is 2.63. The van der Waals surface area contributed by atoms with Gasteiger partial charge in [-0.2, -0.15) is 5.10 Å². The molecule has 1 saturated heterocycles. The Morgan fingerprint density at radius 1 is 1.07 bits per heavy atom. The molecule has 1 aliphatic rings. The summed E-state index contributed by atoms with van der Waals surface area (Å²) in [5.74, 6) is 0.447. The third-order valence-electron chi connectivity index (χ3n) is 7.52. The van der Waals surface area contributed by atoms with E-state index in [0.717, 1.165) is 53.6 Å². The van der Waals surface area contributed by atoms with Gasteiger partial charge in [0.1, 0.15) is 11.1 Å². The Labute approximate surface area is 237 Å². The highest BCUT2D eigenvalue weighted by Crippen LogP contribution is 2.33. The largest absolute Gasteiger partial charge is 0.422 e. The maximum atomic E-state index is 13.0. The van der Waals surface area contributed by atoms with Crippen LogP contribution in [0.15, 0.2) is 57.9 Å². The Morgan fingerprint density at radius 3 is 2.73 bits per heavy atom. The summed E-state index contributed by atoms with van der Waals surface area (Å²) in [4.78, 5) is 36.8. The minimum atomic E-state index is -0.626. The summed E-state index contributed by atoms with van der Waals surface area (Å²) in [5, 5.41) is 13.1. The van der Waals surface area contributed by atoms with Gasteiger partial charge < -0.3 is 20.0 Å². The van der Waals surface area contributed by atoms with Gasteiger partial charge in [-0.15, -0.1) is 0 Å². The van der Waals surface area contributed by atoms with Crippen LogP contribution >= 0.6 is 0 Å². The Kier molecular flexibility index (Phi) is 7.00. The third-order valence-corrected chi connectivity index (χ3v) is 7.52. The van der Waals surface area contributed by atoms with Crippen molar-refractivity contribution in [2.24, 2.45) is 7.05 Å². The zero-order valence-corrected chi connectivity index (χ0v) is 23.7. The van der Waals surface area contributed by atoms with E-state index < -0.39 is 5.63 Å². The summed E-state index contributed by atoms with van der Waals surface area (Å²) < 4.78 is 7.60. The number of hydrogen-bond donors (Lipinski definition) is 2. The van der Waals surface area contributed by atoms with Crippen LogP contribution in [0.1, 0.15) is 49.2 Å². The molecule has 0 atom stereocenters. The van der Waals surface area contributed by atoms with Gasteiger partial charge in [0.15, 0.2) is 5.78 Å². The van der Waals surface area contributed by atoms with Crippen molar-refractivity contribution >= 4 is 45.0 Å². The fraction of sp³-hybridized carbons (Fsp3) is 0.323. The molecule has 0 aliphatic carbocycles. The monoisotopic (exact) mass is 551 g/mol. The fourth-order valence-corrected chi connectivity index (χ4v) is 5.74. The topological polar surface area (TPSA) is 118 Å². The number of benzene rings is 2. The molecule has 1 aliphatic heterocycles. The van der Waals surface area contributed by atoms with E-state index in [-0.39, 0.29) is 11.3 Å². The van der Waals surface area contributed by atoms with E-state index in [1.165, 1.54) is 12.6 Å². The zero-order valence-electron chi connectivity index (χ0n) is 23.7. The minimum absolute atomic E-state index is 0.0994. The van der Waals surface area contributed by atoms with E-state index in [9.17, 15) is 9.59 Å². The van der Waals surface area contributed by atoms with Crippen molar-refractivity contribution in [2.75, 3.05) is 36.4 Å². The van der Waals surface area contributed by atoms with E-state index in [2.05, 4.69) is 45.5 Å². The smallest absolute Gasteiger partial charge is 0.349 e. The van der Waals surface area contributed by atoms with Gasteiger partial charge in [0.25, 0.3) is 0 Å². The van der Waals surface area contributed by atoms with Crippen LogP contribution in [0.25, 0.3) is 33.1 Å². The molecule has 2 N–H and O–H groups in total. The number of anilines is 3. The highest BCUT2D eigenvalue weighted by Gasteiger charge is 2.24. The van der Waals surface area contributed by atoms with Crippen molar-refractivity contribution in [1.82, 2.24) is 25.1 Å². The van der Waals surface area contributed by atoms with E-state index in [1.54, 1.807) is 12.3 Å². The van der Waals surface area contributed by atoms with Crippen molar-refractivity contribution in [3.63, 3.8) is 0 Å². The fourth-order valence-electron chi connectivity index (χ4n) is 5.74. The first kappa shape index (κ1) is 26.6. The number of aryl methyl sites for hydroxylation is 1. The Morgan fingerprint density at radius 2 is 1.93 bits per heavy atom. The number of nitrogens with zero attached hydrogens (tertiary/aromatic N) is 5. The molecular weight excluding hydrogens is 518 g/mol. The predicted octanol–water partition coefficient (Wildman–Crippen LogP) is 5.01. The van der Waals surface area contributed by atoms with Crippen molar-refractivity contribution in [1.29, 1.82) is 0 Å². The lowest BCUT2D eigenvalue weighted by atomic mass is 10.0. The normalized spacial score (nSPS) is 14.1. The molecule has 0 spiro atoms. The highest BCUT2D eigenvalue weighted by atomic mass is 16.4. The minimum Gasteiger partial charge on any atom is -0.422 e. The maximum Gasteiger partial charge on any atom is 0.349 e. The van der Waals surface area contributed by atoms with Crippen molar-refractivity contribution < 1.29 is 9.21 Å². The van der Waals surface area contributed by atoms with E-state index in [0.29, 0.717) is 35.4 Å². The zero-order chi connectivity index (χ0) is 28.7. The first-order valence-electron chi connectivity index (χ1n) is 13.9. The van der Waals surface area contributed by atoms with Crippen molar-refractivity contribution in [3.05, 3.63) is 70.3 Å². The number of Topliss-reactive ketones (excluding diaryl/α,β-unsaturated/α-hetero) is 1. The number of carbonyl (C=O) groups excluding carboxylic acids is 1. The Hall–Kier alpha value is -4.57. The van der Waals surface area contributed by atoms with E-state index >= 15 is 0 Å². The molecule has 210 valence electrons. The van der Waals surface area contributed by atoms with Crippen LogP contribution in [0.5, 0.6) is 0 Å². The molecule has 0 saturated carbocycles. The Balaban J connectivity index is 1.35. The first-order chi connectivity index (χ1) is 19.8. The van der Waals surface area contributed by atoms with Gasteiger partial charge in [0.2, 0.25) is 5.95 Å². The Bertz CT molecular complexity index is 1830. The van der Waals surface area contributed by atoms with E-state index in [4.69, 9.17) is 9.40 Å². The molecule has 4 heterocycles. The lowest BCUT2D eigenvalue weighted by Gasteiger charge is -2.25. The van der Waals surface area contributed by atoms with Crippen LogP contribution in [-0.4, -0.2) is 51.7 Å². The number of aromatic nitrogens is 4. The van der Waals surface area contributed by atoms with Gasteiger partial charge in [-0.25, -0.2) is 14.8 Å². The third kappa shape index (κ3) is 5.06. The van der Waals surface area contributed by atoms with E-state index in [1.807, 2.05) is 42.1 Å². The molecule has 3 aromatic heterocycles. The molecule has 5 aromatic rings. The highest BCUT2D eigenvalue weighted by molar-refractivity contribution is 6.07. The van der Waals surface area contributed by atoms with Crippen LogP contribution in [0, 0.1) is 0 Å². The van der Waals surface area contributed by atoms with Crippen LogP contribution in [-0.2, 0) is 7.05 Å². The lowest BCUT2D eigenvalue weighted by Crippen LogP contribution is -2.31. The number of fused-ring (bicyclic) bond motifs is 2. The molecule has 2 aromatic carbocycles. The lowest BCUT2D eigenvalue weighted by molar-refractivity contribution is 0.101. The quantitative estimate of drug-likeness (QED) is 0.222.